The lowest BCUT2D eigenvalue weighted by atomic mass is 9.93. The fourth-order valence-corrected chi connectivity index (χ4v) is 2.77. The molecule has 0 saturated carbocycles. The Morgan fingerprint density at radius 2 is 1.62 bits per heavy atom. The van der Waals surface area contributed by atoms with E-state index in [2.05, 4.69) is 17.4 Å². The summed E-state index contributed by atoms with van der Waals surface area (Å²) in [5, 5.41) is 3.84. The van der Waals surface area contributed by atoms with Crippen LogP contribution in [0.2, 0.25) is 5.02 Å². The molecule has 0 spiro atoms. The quantitative estimate of drug-likeness (QED) is 0.900. The van der Waals surface area contributed by atoms with Crippen LogP contribution in [-0.2, 0) is 4.79 Å². The highest BCUT2D eigenvalue weighted by molar-refractivity contribution is 6.30. The summed E-state index contributed by atoms with van der Waals surface area (Å²) in [5.41, 5.74) is 10.6. The standard InChI is InChI=1S/C17H19ClN2O/c1-10-8-11(2)15(12(3)9-10)16(17(19)21)20-14-6-4-13(18)5-7-14/h4-9,16,20H,1-3H3,(H2,19,21). The van der Waals surface area contributed by atoms with Crippen LogP contribution in [0, 0.1) is 20.8 Å². The van der Waals surface area contributed by atoms with Crippen LogP contribution >= 0.6 is 11.6 Å². The van der Waals surface area contributed by atoms with E-state index >= 15 is 0 Å². The van der Waals surface area contributed by atoms with Gasteiger partial charge in [0.1, 0.15) is 6.04 Å². The predicted octanol–water partition coefficient (Wildman–Crippen LogP) is 3.90. The van der Waals surface area contributed by atoms with Gasteiger partial charge in [-0.3, -0.25) is 4.79 Å². The molecule has 0 aliphatic rings. The van der Waals surface area contributed by atoms with Crippen LogP contribution in [0.3, 0.4) is 0 Å². The third-order valence-corrected chi connectivity index (χ3v) is 3.72. The van der Waals surface area contributed by atoms with Crippen LogP contribution in [-0.4, -0.2) is 5.91 Å². The number of hydrogen-bond donors (Lipinski definition) is 2. The van der Waals surface area contributed by atoms with Crippen molar-refractivity contribution < 1.29 is 4.79 Å². The molecule has 0 saturated heterocycles. The highest BCUT2D eigenvalue weighted by atomic mass is 35.5. The van der Waals surface area contributed by atoms with Gasteiger partial charge in [-0.05, 0) is 61.7 Å². The van der Waals surface area contributed by atoms with Gasteiger partial charge in [-0.1, -0.05) is 29.3 Å². The second kappa shape index (κ2) is 6.19. The van der Waals surface area contributed by atoms with Gasteiger partial charge >= 0.3 is 0 Å². The average molecular weight is 303 g/mol. The Kier molecular flexibility index (Phi) is 4.53. The minimum atomic E-state index is -0.563. The van der Waals surface area contributed by atoms with Crippen LogP contribution in [0.4, 0.5) is 5.69 Å². The molecule has 3 nitrogen and oxygen atoms in total. The summed E-state index contributed by atoms with van der Waals surface area (Å²) in [6.45, 7) is 6.03. The number of primary amides is 1. The molecule has 21 heavy (non-hydrogen) atoms. The second-order valence-electron chi connectivity index (χ2n) is 5.30. The lowest BCUT2D eigenvalue weighted by molar-refractivity contribution is -0.118. The Hall–Kier alpha value is -2.00. The summed E-state index contributed by atoms with van der Waals surface area (Å²) in [5.74, 6) is -0.403. The number of carbonyl (C=O) groups excluding carboxylic acids is 1. The molecule has 1 atom stereocenters. The first kappa shape index (κ1) is 15.4. The van der Waals surface area contributed by atoms with Gasteiger partial charge in [0, 0.05) is 10.7 Å². The molecule has 0 aromatic heterocycles. The van der Waals surface area contributed by atoms with Crippen molar-refractivity contribution >= 4 is 23.2 Å². The third-order valence-electron chi connectivity index (χ3n) is 3.47. The molecule has 1 amide bonds. The van der Waals surface area contributed by atoms with Crippen molar-refractivity contribution in [1.29, 1.82) is 0 Å². The van der Waals surface area contributed by atoms with Gasteiger partial charge in [-0.2, -0.15) is 0 Å². The summed E-state index contributed by atoms with van der Waals surface area (Å²) >= 11 is 5.88. The fourth-order valence-electron chi connectivity index (χ4n) is 2.64. The van der Waals surface area contributed by atoms with Crippen LogP contribution in [0.15, 0.2) is 36.4 Å². The molecule has 110 valence electrons. The topological polar surface area (TPSA) is 55.1 Å². The first-order valence-corrected chi connectivity index (χ1v) is 7.15. The van der Waals surface area contributed by atoms with Gasteiger partial charge in [-0.25, -0.2) is 0 Å². The molecule has 2 aromatic carbocycles. The molecule has 2 rings (SSSR count). The van der Waals surface area contributed by atoms with Crippen LogP contribution in [0.25, 0.3) is 0 Å². The van der Waals surface area contributed by atoms with E-state index in [0.29, 0.717) is 5.02 Å². The number of nitrogens with two attached hydrogens (primary N) is 1. The lowest BCUT2D eigenvalue weighted by Crippen LogP contribution is -2.29. The van der Waals surface area contributed by atoms with Gasteiger partial charge in [0.15, 0.2) is 0 Å². The number of benzene rings is 2. The van der Waals surface area contributed by atoms with Crippen molar-refractivity contribution in [2.45, 2.75) is 26.8 Å². The Morgan fingerprint density at radius 1 is 1.10 bits per heavy atom. The molecule has 0 fully saturated rings. The van der Waals surface area contributed by atoms with Crippen LogP contribution < -0.4 is 11.1 Å². The highest BCUT2D eigenvalue weighted by Gasteiger charge is 2.21. The maximum atomic E-state index is 11.9. The van der Waals surface area contributed by atoms with Gasteiger partial charge in [0.25, 0.3) is 0 Å². The monoisotopic (exact) mass is 302 g/mol. The third kappa shape index (κ3) is 3.56. The van der Waals surface area contributed by atoms with Crippen molar-refractivity contribution in [3.05, 3.63) is 63.7 Å². The molecule has 0 radical (unpaired) electrons. The maximum Gasteiger partial charge on any atom is 0.244 e. The minimum Gasteiger partial charge on any atom is -0.370 e. The van der Waals surface area contributed by atoms with E-state index in [1.165, 1.54) is 5.56 Å². The summed E-state index contributed by atoms with van der Waals surface area (Å²) in [6, 6.07) is 10.8. The number of carbonyl (C=O) groups is 1. The maximum absolute atomic E-state index is 11.9. The van der Waals surface area contributed by atoms with E-state index in [-0.39, 0.29) is 0 Å². The largest absolute Gasteiger partial charge is 0.370 e. The summed E-state index contributed by atoms with van der Waals surface area (Å²) in [4.78, 5) is 11.9. The van der Waals surface area contributed by atoms with E-state index in [4.69, 9.17) is 17.3 Å². The normalized spacial score (nSPS) is 12.0. The number of aryl methyl sites for hydroxylation is 3. The zero-order chi connectivity index (χ0) is 15.6. The summed E-state index contributed by atoms with van der Waals surface area (Å²) < 4.78 is 0. The first-order valence-electron chi connectivity index (χ1n) is 6.77. The van der Waals surface area contributed by atoms with E-state index in [1.807, 2.05) is 32.9 Å². The molecule has 4 heteroatoms. The lowest BCUT2D eigenvalue weighted by Gasteiger charge is -2.22. The number of amides is 1. The number of rotatable bonds is 4. The zero-order valence-corrected chi connectivity index (χ0v) is 13.2. The second-order valence-corrected chi connectivity index (χ2v) is 5.74. The van der Waals surface area contributed by atoms with Gasteiger partial charge in [-0.15, -0.1) is 0 Å². The van der Waals surface area contributed by atoms with E-state index in [9.17, 15) is 4.79 Å². The highest BCUT2D eigenvalue weighted by Crippen LogP contribution is 2.27. The first-order chi connectivity index (χ1) is 9.88. The average Bonchev–Trinajstić information content (AvgIpc) is 2.38. The van der Waals surface area contributed by atoms with Gasteiger partial charge < -0.3 is 11.1 Å². The molecule has 0 heterocycles. The van der Waals surface area contributed by atoms with Gasteiger partial charge in [0.2, 0.25) is 5.91 Å². The van der Waals surface area contributed by atoms with Crippen molar-refractivity contribution in [2.24, 2.45) is 5.73 Å². The number of anilines is 1. The Labute approximate surface area is 130 Å². The van der Waals surface area contributed by atoms with Crippen LogP contribution in [0.5, 0.6) is 0 Å². The van der Waals surface area contributed by atoms with Gasteiger partial charge in [0.05, 0.1) is 0 Å². The van der Waals surface area contributed by atoms with Crippen molar-refractivity contribution in [1.82, 2.24) is 0 Å². The van der Waals surface area contributed by atoms with E-state index in [1.54, 1.807) is 12.1 Å². The number of halogens is 1. The molecule has 1 unspecified atom stereocenters. The number of nitrogens with one attached hydrogen (secondary N) is 1. The minimum absolute atomic E-state index is 0.403. The summed E-state index contributed by atoms with van der Waals surface area (Å²) in [6.07, 6.45) is 0. The Bertz CT molecular complexity index is 642. The smallest absolute Gasteiger partial charge is 0.244 e. The molecule has 0 aliphatic carbocycles. The molecular weight excluding hydrogens is 284 g/mol. The summed E-state index contributed by atoms with van der Waals surface area (Å²) in [7, 11) is 0. The zero-order valence-electron chi connectivity index (χ0n) is 12.4. The Balaban J connectivity index is 2.40. The van der Waals surface area contributed by atoms with Crippen LogP contribution in [0.1, 0.15) is 28.3 Å². The molecule has 0 bridgehead atoms. The number of hydrogen-bond acceptors (Lipinski definition) is 2. The SMILES string of the molecule is Cc1cc(C)c(C(Nc2ccc(Cl)cc2)C(N)=O)c(C)c1. The molecule has 2 aromatic rings. The van der Waals surface area contributed by atoms with Crippen molar-refractivity contribution in [3.63, 3.8) is 0 Å². The van der Waals surface area contributed by atoms with Crippen molar-refractivity contribution in [2.75, 3.05) is 5.32 Å². The fraction of sp³-hybridized carbons (Fsp3) is 0.235. The molecular formula is C17H19ClN2O. The van der Waals surface area contributed by atoms with Crippen molar-refractivity contribution in [3.8, 4) is 0 Å². The van der Waals surface area contributed by atoms with E-state index < -0.39 is 11.9 Å². The van der Waals surface area contributed by atoms with E-state index in [0.717, 1.165) is 22.4 Å². The Morgan fingerprint density at radius 3 is 2.10 bits per heavy atom. The predicted molar refractivity (Wildman–Crippen MR) is 87.7 cm³/mol. The molecule has 3 N–H and O–H groups in total. The molecule has 0 aliphatic heterocycles.